The van der Waals surface area contributed by atoms with Crippen molar-refractivity contribution >= 4 is 11.5 Å². The molecular weight excluding hydrogens is 278 g/mol. The van der Waals surface area contributed by atoms with Crippen molar-refractivity contribution in [1.29, 1.82) is 5.26 Å². The Bertz CT molecular complexity index is 631. The fourth-order valence-corrected chi connectivity index (χ4v) is 2.64. The maximum atomic E-state index is 11.8. The van der Waals surface area contributed by atoms with Crippen LogP contribution in [0.4, 0.5) is 0 Å². The summed E-state index contributed by atoms with van der Waals surface area (Å²) in [4.78, 5) is 11.8. The zero-order valence-electron chi connectivity index (χ0n) is 13.3. The molecule has 0 radical (unpaired) electrons. The van der Waals surface area contributed by atoms with Crippen molar-refractivity contribution in [3.63, 3.8) is 0 Å². The Labute approximate surface area is 131 Å². The molecule has 0 bridgehead atoms. The molecule has 1 heterocycles. The number of benzene rings is 1. The molecule has 0 N–H and O–H groups in total. The van der Waals surface area contributed by atoms with Crippen molar-refractivity contribution in [2.24, 2.45) is 0 Å². The highest BCUT2D eigenvalue weighted by atomic mass is 16.5. The van der Waals surface area contributed by atoms with Gasteiger partial charge >= 0.3 is 0 Å². The van der Waals surface area contributed by atoms with Crippen LogP contribution in [0.3, 0.4) is 0 Å². The number of nitriles is 1. The molecule has 1 aromatic rings. The van der Waals surface area contributed by atoms with Gasteiger partial charge in [0.1, 0.15) is 6.61 Å². The van der Waals surface area contributed by atoms with Crippen LogP contribution in [-0.2, 0) is 9.53 Å². The van der Waals surface area contributed by atoms with Crippen molar-refractivity contribution in [3.8, 4) is 6.07 Å². The number of hydrazine groups is 1. The Kier molecular flexibility index (Phi) is 5.31. The number of ether oxygens (including phenoxy) is 1. The van der Waals surface area contributed by atoms with Crippen LogP contribution < -0.4 is 0 Å². The minimum absolute atomic E-state index is 0.0473. The smallest absolute Gasteiger partial charge is 0.262 e. The van der Waals surface area contributed by atoms with E-state index in [1.807, 2.05) is 30.1 Å². The van der Waals surface area contributed by atoms with Crippen molar-refractivity contribution < 1.29 is 9.53 Å². The average Bonchev–Trinajstić information content (AvgIpc) is 2.54. The monoisotopic (exact) mass is 299 g/mol. The van der Waals surface area contributed by atoms with Crippen LogP contribution in [0, 0.1) is 18.3 Å². The number of rotatable bonds is 4. The van der Waals surface area contributed by atoms with Gasteiger partial charge in [-0.15, -0.1) is 0 Å². The molecular formula is C17H21N3O2. The summed E-state index contributed by atoms with van der Waals surface area (Å²) in [7, 11) is 3.29. The summed E-state index contributed by atoms with van der Waals surface area (Å²) in [5.41, 5.74) is 4.25. The summed E-state index contributed by atoms with van der Waals surface area (Å²) in [5.74, 6) is -0.0473. The van der Waals surface area contributed by atoms with Crippen LogP contribution in [0.1, 0.15) is 23.1 Å². The number of carbonyl (C=O) groups excluding carboxylic acids is 1. The molecule has 116 valence electrons. The molecule has 5 heteroatoms. The summed E-state index contributed by atoms with van der Waals surface area (Å²) >= 11 is 0. The Morgan fingerprint density at radius 3 is 2.82 bits per heavy atom. The molecule has 0 aromatic heterocycles. The fraction of sp³-hybridized carbons (Fsp3) is 0.412. The standard InChI is InChI=1S/C17H21N3O2/c1-13-10-14(11-18)4-5-16(13)15-6-8-20(9-7-15)19(2)17(21)12-22-3/h4-6,10H,7-9,12H2,1-3H3. The van der Waals surface area contributed by atoms with E-state index < -0.39 is 0 Å². The maximum absolute atomic E-state index is 11.8. The highest BCUT2D eigenvalue weighted by Crippen LogP contribution is 2.26. The van der Waals surface area contributed by atoms with E-state index in [-0.39, 0.29) is 12.5 Å². The number of hydrogen-bond acceptors (Lipinski definition) is 4. The molecule has 22 heavy (non-hydrogen) atoms. The summed E-state index contributed by atoms with van der Waals surface area (Å²) in [6, 6.07) is 7.93. The predicted molar refractivity (Wildman–Crippen MR) is 84.7 cm³/mol. The Balaban J connectivity index is 2.09. The Hall–Kier alpha value is -2.16. The molecule has 0 fully saturated rings. The third-order valence-corrected chi connectivity index (χ3v) is 3.94. The van der Waals surface area contributed by atoms with E-state index in [2.05, 4.69) is 12.1 Å². The first-order valence-electron chi connectivity index (χ1n) is 7.27. The number of likely N-dealkylation sites (N-methyl/N-ethyl adjacent to an activating group) is 1. The normalized spacial score (nSPS) is 15.1. The second-order valence-corrected chi connectivity index (χ2v) is 5.38. The van der Waals surface area contributed by atoms with E-state index in [9.17, 15) is 4.79 Å². The number of amides is 1. The molecule has 2 rings (SSSR count). The molecule has 5 nitrogen and oxygen atoms in total. The van der Waals surface area contributed by atoms with Crippen LogP contribution >= 0.6 is 0 Å². The second kappa shape index (κ2) is 7.21. The lowest BCUT2D eigenvalue weighted by Crippen LogP contribution is -2.47. The first kappa shape index (κ1) is 16.2. The van der Waals surface area contributed by atoms with E-state index in [0.717, 1.165) is 18.5 Å². The lowest BCUT2D eigenvalue weighted by molar-refractivity contribution is -0.149. The Morgan fingerprint density at radius 2 is 2.27 bits per heavy atom. The number of aryl methyl sites for hydroxylation is 1. The van der Waals surface area contributed by atoms with Crippen LogP contribution in [0.15, 0.2) is 24.3 Å². The van der Waals surface area contributed by atoms with Crippen LogP contribution in [0.2, 0.25) is 0 Å². The van der Waals surface area contributed by atoms with Crippen molar-refractivity contribution in [1.82, 2.24) is 10.0 Å². The van der Waals surface area contributed by atoms with Crippen molar-refractivity contribution in [3.05, 3.63) is 41.0 Å². The summed E-state index contributed by atoms with van der Waals surface area (Å²) in [5, 5.41) is 12.6. The highest BCUT2D eigenvalue weighted by Gasteiger charge is 2.20. The van der Waals surface area contributed by atoms with Gasteiger partial charge in [0, 0.05) is 27.2 Å². The lowest BCUT2D eigenvalue weighted by atomic mass is 9.94. The maximum Gasteiger partial charge on any atom is 0.262 e. The number of hydrogen-bond donors (Lipinski definition) is 0. The van der Waals surface area contributed by atoms with Crippen LogP contribution in [0.5, 0.6) is 0 Å². The summed E-state index contributed by atoms with van der Waals surface area (Å²) < 4.78 is 4.88. The van der Waals surface area contributed by atoms with E-state index >= 15 is 0 Å². The van der Waals surface area contributed by atoms with Gasteiger partial charge in [-0.25, -0.2) is 5.01 Å². The molecule has 0 aliphatic carbocycles. The van der Waals surface area contributed by atoms with E-state index in [4.69, 9.17) is 10.00 Å². The zero-order valence-corrected chi connectivity index (χ0v) is 13.3. The van der Waals surface area contributed by atoms with E-state index in [1.54, 1.807) is 12.1 Å². The molecule has 0 unspecified atom stereocenters. The van der Waals surface area contributed by atoms with Crippen molar-refractivity contribution in [2.75, 3.05) is 33.9 Å². The average molecular weight is 299 g/mol. The molecule has 1 aliphatic heterocycles. The minimum atomic E-state index is -0.0473. The highest BCUT2D eigenvalue weighted by molar-refractivity contribution is 5.77. The first-order chi connectivity index (χ1) is 10.6. The third-order valence-electron chi connectivity index (χ3n) is 3.94. The van der Waals surface area contributed by atoms with Gasteiger partial charge in [-0.05, 0) is 42.2 Å². The molecule has 0 spiro atoms. The van der Waals surface area contributed by atoms with Crippen molar-refractivity contribution in [2.45, 2.75) is 13.3 Å². The van der Waals surface area contributed by atoms with Gasteiger partial charge in [0.05, 0.1) is 11.6 Å². The molecule has 1 amide bonds. The second-order valence-electron chi connectivity index (χ2n) is 5.38. The molecule has 0 saturated heterocycles. The van der Waals surface area contributed by atoms with Gasteiger partial charge < -0.3 is 4.74 Å². The van der Waals surface area contributed by atoms with E-state index in [0.29, 0.717) is 12.1 Å². The third kappa shape index (κ3) is 3.53. The topological polar surface area (TPSA) is 56.6 Å². The van der Waals surface area contributed by atoms with Gasteiger partial charge in [0.15, 0.2) is 0 Å². The quantitative estimate of drug-likeness (QED) is 0.853. The first-order valence-corrected chi connectivity index (χ1v) is 7.27. The predicted octanol–water partition coefficient (Wildman–Crippen LogP) is 1.98. The molecule has 0 saturated carbocycles. The van der Waals surface area contributed by atoms with Crippen LogP contribution in [-0.4, -0.2) is 49.8 Å². The molecule has 1 aliphatic rings. The summed E-state index contributed by atoms with van der Waals surface area (Å²) in [6.45, 7) is 3.61. The van der Waals surface area contributed by atoms with Gasteiger partial charge in [-0.2, -0.15) is 5.26 Å². The minimum Gasteiger partial charge on any atom is -0.375 e. The lowest BCUT2D eigenvalue weighted by Gasteiger charge is -2.34. The zero-order chi connectivity index (χ0) is 16.1. The number of carbonyl (C=O) groups is 1. The SMILES string of the molecule is COCC(=O)N(C)N1CC=C(c2ccc(C#N)cc2C)CC1. The Morgan fingerprint density at radius 1 is 1.50 bits per heavy atom. The van der Waals surface area contributed by atoms with E-state index in [1.165, 1.54) is 18.2 Å². The van der Waals surface area contributed by atoms with Gasteiger partial charge in [0.2, 0.25) is 0 Å². The van der Waals surface area contributed by atoms with Gasteiger partial charge in [-0.3, -0.25) is 9.80 Å². The molecule has 0 atom stereocenters. The largest absolute Gasteiger partial charge is 0.375 e. The number of methoxy groups -OCH3 is 1. The summed E-state index contributed by atoms with van der Waals surface area (Å²) in [6.07, 6.45) is 3.02. The molecule has 1 aromatic carbocycles. The van der Waals surface area contributed by atoms with Gasteiger partial charge in [0.25, 0.3) is 5.91 Å². The number of nitrogens with zero attached hydrogens (tertiary/aromatic N) is 3. The fourth-order valence-electron chi connectivity index (χ4n) is 2.64. The van der Waals surface area contributed by atoms with Crippen LogP contribution in [0.25, 0.3) is 5.57 Å². The van der Waals surface area contributed by atoms with Gasteiger partial charge in [-0.1, -0.05) is 12.1 Å².